The highest BCUT2D eigenvalue weighted by Crippen LogP contribution is 2.18. The van der Waals surface area contributed by atoms with Gasteiger partial charge in [0.05, 0.1) is 6.04 Å². The predicted octanol–water partition coefficient (Wildman–Crippen LogP) is 0.229. The number of ketones is 2. The summed E-state index contributed by atoms with van der Waals surface area (Å²) >= 11 is 4.26. The van der Waals surface area contributed by atoms with Crippen molar-refractivity contribution in [1.29, 1.82) is 0 Å². The van der Waals surface area contributed by atoms with Crippen LogP contribution in [-0.4, -0.2) is 58.0 Å². The quantitative estimate of drug-likeness (QED) is 0.563. The van der Waals surface area contributed by atoms with Crippen LogP contribution >= 0.6 is 12.6 Å². The smallest absolute Gasteiger partial charge is 0.239 e. The summed E-state index contributed by atoms with van der Waals surface area (Å²) in [5, 5.41) is 13.9. The number of fused-ring (bicyclic) bond motifs is 2. The van der Waals surface area contributed by atoms with Gasteiger partial charge in [-0.3, -0.25) is 14.4 Å². The van der Waals surface area contributed by atoms with Gasteiger partial charge in [0.2, 0.25) is 5.91 Å². The van der Waals surface area contributed by atoms with Crippen LogP contribution in [0, 0.1) is 0 Å². The second kappa shape index (κ2) is 8.20. The molecule has 2 saturated heterocycles. The Morgan fingerprint density at radius 1 is 1.12 bits per heavy atom. The van der Waals surface area contributed by atoms with E-state index in [1.54, 1.807) is 29.3 Å². The van der Waals surface area contributed by atoms with Gasteiger partial charge in [-0.25, -0.2) is 10.4 Å². The molecular formula is C18H23N3O4S. The van der Waals surface area contributed by atoms with Gasteiger partial charge in [0.1, 0.15) is 17.8 Å². The number of rotatable bonds is 3. The van der Waals surface area contributed by atoms with Crippen LogP contribution in [0.4, 0.5) is 0 Å². The first-order chi connectivity index (χ1) is 12.5. The largest absolute Gasteiger partial charge is 0.508 e. The molecule has 140 valence electrons. The Hall–Kier alpha value is -1.90. The lowest BCUT2D eigenvalue weighted by atomic mass is 9.96. The molecule has 0 saturated carbocycles. The van der Waals surface area contributed by atoms with Crippen LogP contribution in [0.15, 0.2) is 24.3 Å². The Morgan fingerprint density at radius 2 is 1.81 bits per heavy atom. The first-order valence-electron chi connectivity index (χ1n) is 8.75. The number of phenols is 1. The molecule has 2 fully saturated rings. The number of hydrazine groups is 1. The molecular weight excluding hydrogens is 354 g/mol. The molecule has 26 heavy (non-hydrogen) atoms. The number of nitrogens with zero attached hydrogens (tertiary/aromatic N) is 1. The van der Waals surface area contributed by atoms with Gasteiger partial charge >= 0.3 is 0 Å². The molecule has 2 aliphatic heterocycles. The van der Waals surface area contributed by atoms with E-state index in [1.807, 2.05) is 0 Å². The van der Waals surface area contributed by atoms with Gasteiger partial charge in [0, 0.05) is 25.1 Å². The lowest BCUT2D eigenvalue weighted by molar-refractivity contribution is -0.140. The molecule has 7 nitrogen and oxygen atoms in total. The Morgan fingerprint density at radius 3 is 2.50 bits per heavy atom. The predicted molar refractivity (Wildman–Crippen MR) is 98.9 cm³/mol. The molecule has 8 heteroatoms. The summed E-state index contributed by atoms with van der Waals surface area (Å²) in [5.74, 6) is 0.180. The van der Waals surface area contributed by atoms with Crippen LogP contribution in [-0.2, 0) is 20.8 Å². The molecule has 4 atom stereocenters. The summed E-state index contributed by atoms with van der Waals surface area (Å²) in [4.78, 5) is 37.3. The topological polar surface area (TPSA) is 98.7 Å². The molecule has 0 aliphatic carbocycles. The molecule has 1 unspecified atom stereocenters. The fourth-order valence-electron chi connectivity index (χ4n) is 3.36. The van der Waals surface area contributed by atoms with E-state index in [-0.39, 0.29) is 29.6 Å². The zero-order chi connectivity index (χ0) is 18.7. The number of thiol groups is 1. The van der Waals surface area contributed by atoms with Gasteiger partial charge < -0.3 is 10.4 Å². The van der Waals surface area contributed by atoms with Crippen molar-refractivity contribution in [3.8, 4) is 5.75 Å². The van der Waals surface area contributed by atoms with Crippen LogP contribution in [0.2, 0.25) is 0 Å². The van der Waals surface area contributed by atoms with E-state index >= 15 is 0 Å². The van der Waals surface area contributed by atoms with Crippen molar-refractivity contribution in [1.82, 2.24) is 15.8 Å². The SMILES string of the molecule is O=C1CCCC(=O)[C@H]2CN(N[C@H]1CS)[C@@H](Cc1ccc(O)cc1)C(=O)N2. The third-order valence-electron chi connectivity index (χ3n) is 4.87. The zero-order valence-corrected chi connectivity index (χ0v) is 15.2. The number of nitrogens with one attached hydrogen (secondary N) is 2. The van der Waals surface area contributed by atoms with Crippen molar-refractivity contribution < 1.29 is 19.5 Å². The van der Waals surface area contributed by atoms with Gasteiger partial charge in [-0.05, 0) is 30.5 Å². The van der Waals surface area contributed by atoms with Crippen molar-refractivity contribution in [2.24, 2.45) is 0 Å². The summed E-state index contributed by atoms with van der Waals surface area (Å²) < 4.78 is 0. The van der Waals surface area contributed by atoms with E-state index in [9.17, 15) is 19.5 Å². The Bertz CT molecular complexity index is 694. The number of hydrogen-bond donors (Lipinski definition) is 4. The molecule has 2 bridgehead atoms. The Kier molecular flexibility index (Phi) is 5.95. The number of hydrogen-bond acceptors (Lipinski definition) is 7. The second-order valence-electron chi connectivity index (χ2n) is 6.75. The molecule has 2 heterocycles. The van der Waals surface area contributed by atoms with Crippen LogP contribution in [0.25, 0.3) is 0 Å². The molecule has 0 radical (unpaired) electrons. The van der Waals surface area contributed by atoms with Crippen LogP contribution in [0.3, 0.4) is 0 Å². The standard InChI is InChI=1S/C18H23N3O4S/c22-12-6-4-11(5-7-12)8-15-18(25)19-13-9-21(15)20-14(10-26)17(24)3-1-2-16(13)23/h4-7,13-15,20,22,26H,1-3,8-10H2,(H,19,25)/t13-,14+,15+/m1/s1. The fourth-order valence-corrected chi connectivity index (χ4v) is 3.65. The summed E-state index contributed by atoms with van der Waals surface area (Å²) in [7, 11) is 0. The average molecular weight is 377 g/mol. The average Bonchev–Trinajstić information content (AvgIpc) is 2.62. The number of aromatic hydroxyl groups is 1. The summed E-state index contributed by atoms with van der Waals surface area (Å²) in [6.07, 6.45) is 1.49. The molecule has 3 N–H and O–H groups in total. The first kappa shape index (κ1) is 18.9. The summed E-state index contributed by atoms with van der Waals surface area (Å²) in [6, 6.07) is 5.03. The zero-order valence-electron chi connectivity index (χ0n) is 14.4. The molecule has 0 spiro atoms. The highest BCUT2D eigenvalue weighted by molar-refractivity contribution is 7.80. The van der Waals surface area contributed by atoms with Crippen molar-refractivity contribution >= 4 is 30.1 Å². The van der Waals surface area contributed by atoms with E-state index in [0.29, 0.717) is 31.6 Å². The minimum Gasteiger partial charge on any atom is -0.508 e. The number of Topliss-reactive ketones (excluding diaryl/α,β-unsaturated/α-hetero) is 2. The van der Waals surface area contributed by atoms with Gasteiger partial charge in [-0.15, -0.1) is 0 Å². The van der Waals surface area contributed by atoms with Crippen LogP contribution in [0.5, 0.6) is 5.75 Å². The Labute approximate surface area is 157 Å². The number of carbonyl (C=O) groups excluding carboxylic acids is 3. The number of carbonyl (C=O) groups is 3. The van der Waals surface area contributed by atoms with Crippen molar-refractivity contribution in [2.75, 3.05) is 12.3 Å². The van der Waals surface area contributed by atoms with Gasteiger partial charge in [-0.1, -0.05) is 12.1 Å². The van der Waals surface area contributed by atoms with Gasteiger partial charge in [-0.2, -0.15) is 12.6 Å². The molecule has 3 rings (SSSR count). The fraction of sp³-hybridized carbons (Fsp3) is 0.500. The van der Waals surface area contributed by atoms with Crippen LogP contribution < -0.4 is 10.7 Å². The van der Waals surface area contributed by atoms with E-state index in [0.717, 1.165) is 5.56 Å². The maximum absolute atomic E-state index is 12.7. The Balaban J connectivity index is 1.84. The molecule has 1 aromatic carbocycles. The van der Waals surface area contributed by atoms with Gasteiger partial charge in [0.25, 0.3) is 0 Å². The molecule has 1 aromatic rings. The molecule has 2 aliphatic rings. The first-order valence-corrected chi connectivity index (χ1v) is 9.38. The second-order valence-corrected chi connectivity index (χ2v) is 7.12. The molecule has 0 aromatic heterocycles. The number of piperazine rings is 1. The monoisotopic (exact) mass is 377 g/mol. The number of phenolic OH excluding ortho intramolecular Hbond substituents is 1. The van der Waals surface area contributed by atoms with E-state index in [1.165, 1.54) is 0 Å². The third-order valence-corrected chi connectivity index (χ3v) is 5.23. The normalized spacial score (nSPS) is 30.0. The van der Waals surface area contributed by atoms with Crippen molar-refractivity contribution in [3.63, 3.8) is 0 Å². The third kappa shape index (κ3) is 4.25. The highest BCUT2D eigenvalue weighted by atomic mass is 32.1. The van der Waals surface area contributed by atoms with Crippen molar-refractivity contribution in [2.45, 2.75) is 43.8 Å². The maximum atomic E-state index is 12.7. The highest BCUT2D eigenvalue weighted by Gasteiger charge is 2.39. The summed E-state index contributed by atoms with van der Waals surface area (Å²) in [6.45, 7) is 0.310. The van der Waals surface area contributed by atoms with Crippen molar-refractivity contribution in [3.05, 3.63) is 29.8 Å². The van der Waals surface area contributed by atoms with E-state index in [4.69, 9.17) is 0 Å². The summed E-state index contributed by atoms with van der Waals surface area (Å²) in [5.41, 5.74) is 4.01. The molecule has 1 amide bonds. The minimum atomic E-state index is -0.570. The van der Waals surface area contributed by atoms with Gasteiger partial charge in [0.15, 0.2) is 11.6 Å². The van der Waals surface area contributed by atoms with Crippen LogP contribution in [0.1, 0.15) is 24.8 Å². The number of benzene rings is 1. The number of amides is 1. The maximum Gasteiger partial charge on any atom is 0.239 e. The van der Waals surface area contributed by atoms with E-state index in [2.05, 4.69) is 23.4 Å². The minimum absolute atomic E-state index is 0.000569. The lowest BCUT2D eigenvalue weighted by Gasteiger charge is -2.41. The lowest BCUT2D eigenvalue weighted by Crippen LogP contribution is -2.68. The van der Waals surface area contributed by atoms with E-state index < -0.39 is 18.1 Å².